The van der Waals surface area contributed by atoms with E-state index in [4.69, 9.17) is 27.3 Å². The van der Waals surface area contributed by atoms with Gasteiger partial charge in [-0.3, -0.25) is 0 Å². The number of nitrogens with zero attached hydrogens (tertiary/aromatic N) is 1. The Labute approximate surface area is 110 Å². The number of nitrogen functional groups attached to an aromatic ring is 1. The van der Waals surface area contributed by atoms with Gasteiger partial charge in [0.25, 0.3) is 0 Å². The lowest BCUT2D eigenvalue weighted by Crippen LogP contribution is -1.94. The zero-order chi connectivity index (χ0) is 13.1. The van der Waals surface area contributed by atoms with Crippen LogP contribution in [0.5, 0.6) is 11.5 Å². The van der Waals surface area contributed by atoms with Crippen molar-refractivity contribution in [3.8, 4) is 17.6 Å². The molecule has 0 aliphatic carbocycles. The number of hydrogen-bond donors (Lipinski definition) is 1. The molecule has 3 nitrogen and oxygen atoms in total. The minimum absolute atomic E-state index is 0.449. The average Bonchev–Trinajstić information content (AvgIpc) is 2.34. The minimum Gasteiger partial charge on any atom is -0.454 e. The fraction of sp³-hybridized carbons (Fsp3) is 0.0714. The third kappa shape index (κ3) is 2.55. The van der Waals surface area contributed by atoms with Gasteiger partial charge in [0.15, 0.2) is 5.75 Å². The topological polar surface area (TPSA) is 59.0 Å². The van der Waals surface area contributed by atoms with Crippen LogP contribution in [0.3, 0.4) is 0 Å². The van der Waals surface area contributed by atoms with Crippen LogP contribution in [0.15, 0.2) is 36.4 Å². The lowest BCUT2D eigenvalue weighted by Gasteiger charge is -2.10. The molecule has 18 heavy (non-hydrogen) atoms. The maximum atomic E-state index is 9.02. The van der Waals surface area contributed by atoms with Crippen molar-refractivity contribution in [2.24, 2.45) is 0 Å². The van der Waals surface area contributed by atoms with Gasteiger partial charge < -0.3 is 10.5 Å². The van der Waals surface area contributed by atoms with E-state index in [-0.39, 0.29) is 0 Å². The van der Waals surface area contributed by atoms with Crippen LogP contribution in [-0.4, -0.2) is 0 Å². The Morgan fingerprint density at radius 2 is 1.94 bits per heavy atom. The van der Waals surface area contributed by atoms with Crippen molar-refractivity contribution >= 4 is 17.3 Å². The molecule has 0 heterocycles. The summed E-state index contributed by atoms with van der Waals surface area (Å²) in [6.45, 7) is 1.93. The zero-order valence-corrected chi connectivity index (χ0v) is 10.5. The Kier molecular flexibility index (Phi) is 3.40. The van der Waals surface area contributed by atoms with Gasteiger partial charge in [-0.1, -0.05) is 17.7 Å². The second-order valence-electron chi connectivity index (χ2n) is 3.90. The number of benzene rings is 2. The summed E-state index contributed by atoms with van der Waals surface area (Å²) in [5, 5.41) is 9.56. The Morgan fingerprint density at radius 3 is 2.67 bits per heavy atom. The molecule has 0 fully saturated rings. The van der Waals surface area contributed by atoms with Crippen LogP contribution in [0.25, 0.3) is 0 Å². The average molecular weight is 259 g/mol. The minimum atomic E-state index is 0.449. The Hall–Kier alpha value is -2.18. The molecule has 0 saturated heterocycles. The molecule has 2 N–H and O–H groups in total. The smallest absolute Gasteiger partial charge is 0.151 e. The molecule has 0 bridgehead atoms. The van der Waals surface area contributed by atoms with Crippen LogP contribution in [0.1, 0.15) is 11.1 Å². The first kappa shape index (κ1) is 12.3. The largest absolute Gasteiger partial charge is 0.454 e. The zero-order valence-electron chi connectivity index (χ0n) is 9.77. The third-order valence-corrected chi connectivity index (χ3v) is 2.69. The Balaban J connectivity index is 2.43. The van der Waals surface area contributed by atoms with Crippen LogP contribution in [0, 0.1) is 18.3 Å². The van der Waals surface area contributed by atoms with Gasteiger partial charge in [0, 0.05) is 11.1 Å². The van der Waals surface area contributed by atoms with E-state index in [9.17, 15) is 0 Å². The van der Waals surface area contributed by atoms with Crippen molar-refractivity contribution < 1.29 is 4.74 Å². The number of aryl methyl sites for hydroxylation is 1. The number of rotatable bonds is 2. The third-order valence-electron chi connectivity index (χ3n) is 2.45. The highest BCUT2D eigenvalue weighted by atomic mass is 35.5. The van der Waals surface area contributed by atoms with Crippen molar-refractivity contribution in [2.45, 2.75) is 6.92 Å². The summed E-state index contributed by atoms with van der Waals surface area (Å²) in [5.74, 6) is 0.927. The molecule has 0 aliphatic rings. The van der Waals surface area contributed by atoms with Crippen LogP contribution in [0.2, 0.25) is 5.02 Å². The summed E-state index contributed by atoms with van der Waals surface area (Å²) in [5.41, 5.74) is 7.74. The molecule has 0 unspecified atom stereocenters. The van der Waals surface area contributed by atoms with E-state index in [0.29, 0.717) is 27.8 Å². The summed E-state index contributed by atoms with van der Waals surface area (Å²) in [4.78, 5) is 0. The molecule has 0 aromatic heterocycles. The second kappa shape index (κ2) is 4.99. The summed E-state index contributed by atoms with van der Waals surface area (Å²) in [6.07, 6.45) is 0. The first-order valence-corrected chi connectivity index (χ1v) is 5.71. The predicted octanol–water partition coefficient (Wildman–Crippen LogP) is 3.89. The highest BCUT2D eigenvalue weighted by Crippen LogP contribution is 2.32. The quantitative estimate of drug-likeness (QED) is 0.831. The van der Waals surface area contributed by atoms with Gasteiger partial charge in [0.1, 0.15) is 11.8 Å². The van der Waals surface area contributed by atoms with E-state index >= 15 is 0 Å². The van der Waals surface area contributed by atoms with Gasteiger partial charge in [0.05, 0.1) is 11.3 Å². The Morgan fingerprint density at radius 1 is 1.17 bits per heavy atom. The van der Waals surface area contributed by atoms with Crippen LogP contribution >= 0.6 is 11.6 Å². The molecule has 4 heteroatoms. The lowest BCUT2D eigenvalue weighted by molar-refractivity contribution is 0.483. The SMILES string of the molecule is Cc1ccc(C#N)c(Oc2cc(Cl)ccc2N)c1. The van der Waals surface area contributed by atoms with Gasteiger partial charge in [-0.2, -0.15) is 5.26 Å². The first-order chi connectivity index (χ1) is 8.60. The highest BCUT2D eigenvalue weighted by Gasteiger charge is 2.08. The second-order valence-corrected chi connectivity index (χ2v) is 4.33. The molecule has 0 atom stereocenters. The summed E-state index contributed by atoms with van der Waals surface area (Å²) in [7, 11) is 0. The Bertz CT molecular complexity index is 632. The van der Waals surface area contributed by atoms with Gasteiger partial charge in [0.2, 0.25) is 0 Å². The molecule has 0 spiro atoms. The number of halogens is 1. The van der Waals surface area contributed by atoms with E-state index in [1.54, 1.807) is 30.3 Å². The van der Waals surface area contributed by atoms with E-state index < -0.39 is 0 Å². The predicted molar refractivity (Wildman–Crippen MR) is 71.8 cm³/mol. The van der Waals surface area contributed by atoms with Gasteiger partial charge in [-0.05, 0) is 36.8 Å². The molecular weight excluding hydrogens is 248 g/mol. The molecule has 2 rings (SSSR count). The number of anilines is 1. The normalized spacial score (nSPS) is 9.83. The van der Waals surface area contributed by atoms with Crippen LogP contribution in [-0.2, 0) is 0 Å². The maximum absolute atomic E-state index is 9.02. The highest BCUT2D eigenvalue weighted by molar-refractivity contribution is 6.30. The van der Waals surface area contributed by atoms with Crippen molar-refractivity contribution in [3.05, 3.63) is 52.5 Å². The van der Waals surface area contributed by atoms with Gasteiger partial charge in [-0.15, -0.1) is 0 Å². The standard InChI is InChI=1S/C14H11ClN2O/c1-9-2-3-10(8-16)13(6-9)18-14-7-11(15)4-5-12(14)17/h2-7H,17H2,1H3. The fourth-order valence-electron chi connectivity index (χ4n) is 1.52. The van der Waals surface area contributed by atoms with Gasteiger partial charge in [-0.25, -0.2) is 0 Å². The molecule has 0 saturated carbocycles. The van der Waals surface area contributed by atoms with E-state index in [1.807, 2.05) is 13.0 Å². The van der Waals surface area contributed by atoms with E-state index in [2.05, 4.69) is 6.07 Å². The fourth-order valence-corrected chi connectivity index (χ4v) is 1.68. The molecule has 0 aliphatic heterocycles. The lowest BCUT2D eigenvalue weighted by atomic mass is 10.1. The number of ether oxygens (including phenoxy) is 1. The summed E-state index contributed by atoms with van der Waals surface area (Å²) < 4.78 is 5.66. The molecular formula is C14H11ClN2O. The van der Waals surface area contributed by atoms with Crippen molar-refractivity contribution in [2.75, 3.05) is 5.73 Å². The first-order valence-electron chi connectivity index (χ1n) is 5.34. The van der Waals surface area contributed by atoms with Crippen molar-refractivity contribution in [1.29, 1.82) is 5.26 Å². The number of nitriles is 1. The van der Waals surface area contributed by atoms with Crippen molar-refractivity contribution in [1.82, 2.24) is 0 Å². The molecule has 2 aromatic carbocycles. The van der Waals surface area contributed by atoms with Crippen molar-refractivity contribution in [3.63, 3.8) is 0 Å². The van der Waals surface area contributed by atoms with Crippen LogP contribution < -0.4 is 10.5 Å². The molecule has 0 amide bonds. The maximum Gasteiger partial charge on any atom is 0.151 e. The van der Waals surface area contributed by atoms with Crippen LogP contribution in [0.4, 0.5) is 5.69 Å². The number of nitrogens with two attached hydrogens (primary N) is 1. The molecule has 90 valence electrons. The van der Waals surface area contributed by atoms with Gasteiger partial charge >= 0.3 is 0 Å². The van der Waals surface area contributed by atoms with E-state index in [0.717, 1.165) is 5.56 Å². The molecule has 0 radical (unpaired) electrons. The monoisotopic (exact) mass is 258 g/mol. The van der Waals surface area contributed by atoms with E-state index in [1.165, 1.54) is 0 Å². The number of hydrogen-bond acceptors (Lipinski definition) is 3. The summed E-state index contributed by atoms with van der Waals surface area (Å²) >= 11 is 5.89. The summed E-state index contributed by atoms with van der Waals surface area (Å²) in [6, 6.07) is 12.4. The molecule has 2 aromatic rings.